The predicted octanol–water partition coefficient (Wildman–Crippen LogP) is 7.49. The van der Waals surface area contributed by atoms with E-state index in [9.17, 15) is 4.79 Å². The summed E-state index contributed by atoms with van der Waals surface area (Å²) < 4.78 is 0. The summed E-state index contributed by atoms with van der Waals surface area (Å²) in [6.45, 7) is 23.7. The summed E-state index contributed by atoms with van der Waals surface area (Å²) in [5, 5.41) is 4.03. The second kappa shape index (κ2) is 15.1. The minimum Gasteiger partial charge on any atom is -0.369 e. The van der Waals surface area contributed by atoms with Crippen molar-refractivity contribution < 1.29 is 4.79 Å². The molecule has 38 heavy (non-hydrogen) atoms. The maximum absolute atomic E-state index is 12.3. The summed E-state index contributed by atoms with van der Waals surface area (Å²) in [5.41, 5.74) is 5.42. The van der Waals surface area contributed by atoms with Crippen LogP contribution in [0.1, 0.15) is 68.2 Å². The lowest BCUT2D eigenvalue weighted by molar-refractivity contribution is -0.112. The van der Waals surface area contributed by atoms with Crippen molar-refractivity contribution in [2.24, 2.45) is 16.8 Å². The van der Waals surface area contributed by atoms with Gasteiger partial charge < -0.3 is 15.1 Å². The van der Waals surface area contributed by atoms with Crippen LogP contribution in [0.5, 0.6) is 0 Å². The standard InChI is InChI=1S/C32H47ClN4O/c1-10-22(4)24(6)19-37-21-28(18-30(33)27(37)9)32(17-26(8)38)35-31(23(5)11-2)14-13-29(12-3)36-16-15-34-25(7)20-36/h12-14,17-19,21-23,25,34H,9-11,15-16,20H2,1-8H3/b14-13-,24-19-,29-12+,32-17-,35-31-/t22?,23?,25-/m0/s1. The summed E-state index contributed by atoms with van der Waals surface area (Å²) in [5.74, 6) is 0.591. The minimum absolute atomic E-state index is 0.0621. The van der Waals surface area contributed by atoms with Crippen LogP contribution in [-0.4, -0.2) is 47.0 Å². The molecule has 0 bridgehead atoms. The molecule has 2 heterocycles. The van der Waals surface area contributed by atoms with Gasteiger partial charge in [-0.25, -0.2) is 0 Å². The summed E-state index contributed by atoms with van der Waals surface area (Å²) >= 11 is 6.64. The number of hydrogen-bond donors (Lipinski definition) is 1. The molecule has 0 aromatic carbocycles. The van der Waals surface area contributed by atoms with E-state index in [2.05, 4.69) is 89.7 Å². The van der Waals surface area contributed by atoms with E-state index in [-0.39, 0.29) is 11.7 Å². The molecule has 2 unspecified atom stereocenters. The Bertz CT molecular complexity index is 1090. The van der Waals surface area contributed by atoms with Crippen molar-refractivity contribution in [3.05, 3.63) is 82.6 Å². The van der Waals surface area contributed by atoms with Gasteiger partial charge in [-0.1, -0.05) is 57.5 Å². The average Bonchev–Trinajstić information content (AvgIpc) is 2.88. The first-order chi connectivity index (χ1) is 18.0. The molecule has 0 aromatic rings. The van der Waals surface area contributed by atoms with E-state index in [1.165, 1.54) is 11.3 Å². The minimum atomic E-state index is -0.0621. The zero-order valence-electron chi connectivity index (χ0n) is 24.6. The van der Waals surface area contributed by atoms with Crippen molar-refractivity contribution in [3.8, 4) is 0 Å². The highest BCUT2D eigenvalue weighted by molar-refractivity contribution is 6.32. The fourth-order valence-corrected chi connectivity index (χ4v) is 4.50. The van der Waals surface area contributed by atoms with E-state index in [4.69, 9.17) is 16.6 Å². The highest BCUT2D eigenvalue weighted by Crippen LogP contribution is 2.31. The van der Waals surface area contributed by atoms with Crippen LogP contribution < -0.4 is 5.32 Å². The van der Waals surface area contributed by atoms with E-state index in [1.54, 1.807) is 13.0 Å². The highest BCUT2D eigenvalue weighted by Gasteiger charge is 2.20. The molecule has 2 aliphatic rings. The molecule has 0 radical (unpaired) electrons. The molecule has 1 saturated heterocycles. The van der Waals surface area contributed by atoms with Gasteiger partial charge >= 0.3 is 0 Å². The van der Waals surface area contributed by atoms with E-state index >= 15 is 0 Å². The van der Waals surface area contributed by atoms with E-state index < -0.39 is 0 Å². The molecule has 208 valence electrons. The topological polar surface area (TPSA) is 47.9 Å². The first-order valence-corrected chi connectivity index (χ1v) is 14.3. The molecule has 1 fully saturated rings. The number of aliphatic imine (C=N–C) groups is 1. The maximum atomic E-state index is 12.3. The Morgan fingerprint density at radius 1 is 1.24 bits per heavy atom. The van der Waals surface area contributed by atoms with Crippen molar-refractivity contribution in [2.75, 3.05) is 19.6 Å². The molecule has 5 nitrogen and oxygen atoms in total. The van der Waals surface area contributed by atoms with Crippen LogP contribution in [0.25, 0.3) is 0 Å². The Hall–Kier alpha value is -2.63. The summed E-state index contributed by atoms with van der Waals surface area (Å²) in [6, 6.07) is 0.449. The first kappa shape index (κ1) is 31.6. The lowest BCUT2D eigenvalue weighted by Crippen LogP contribution is -2.48. The third kappa shape index (κ3) is 8.99. The van der Waals surface area contributed by atoms with E-state index in [0.717, 1.165) is 43.8 Å². The molecule has 1 N–H and O–H groups in total. The lowest BCUT2D eigenvalue weighted by Gasteiger charge is -2.34. The van der Waals surface area contributed by atoms with Crippen LogP contribution in [0, 0.1) is 11.8 Å². The third-order valence-corrected chi connectivity index (χ3v) is 7.66. The Labute approximate surface area is 236 Å². The normalized spacial score (nSPS) is 22.0. The van der Waals surface area contributed by atoms with Crippen molar-refractivity contribution in [1.82, 2.24) is 15.1 Å². The summed E-state index contributed by atoms with van der Waals surface area (Å²) in [7, 11) is 0. The Balaban J connectivity index is 2.53. The van der Waals surface area contributed by atoms with Gasteiger partial charge in [-0.3, -0.25) is 9.79 Å². The zero-order chi connectivity index (χ0) is 28.4. The van der Waals surface area contributed by atoms with Crippen LogP contribution in [-0.2, 0) is 4.79 Å². The van der Waals surface area contributed by atoms with Crippen molar-refractivity contribution in [1.29, 1.82) is 0 Å². The zero-order valence-corrected chi connectivity index (χ0v) is 25.4. The number of ketones is 1. The monoisotopic (exact) mass is 538 g/mol. The van der Waals surface area contributed by atoms with E-state index in [1.807, 2.05) is 17.2 Å². The molecule has 0 spiro atoms. The molecule has 0 amide bonds. The van der Waals surface area contributed by atoms with Crippen LogP contribution in [0.4, 0.5) is 0 Å². The number of rotatable bonds is 11. The second-order valence-electron chi connectivity index (χ2n) is 10.4. The molecular weight excluding hydrogens is 492 g/mol. The molecule has 2 aliphatic heterocycles. The third-order valence-electron chi connectivity index (χ3n) is 7.34. The fourth-order valence-electron chi connectivity index (χ4n) is 4.29. The Morgan fingerprint density at radius 2 is 1.92 bits per heavy atom. The molecule has 6 heteroatoms. The number of halogens is 1. The van der Waals surface area contributed by atoms with Gasteiger partial charge in [0.25, 0.3) is 0 Å². The van der Waals surface area contributed by atoms with E-state index in [0.29, 0.717) is 28.4 Å². The molecule has 0 saturated carbocycles. The number of carbonyl (C=O) groups excluding carboxylic acids is 1. The predicted molar refractivity (Wildman–Crippen MR) is 164 cm³/mol. The first-order valence-electron chi connectivity index (χ1n) is 13.9. The fraction of sp³-hybridized carbons (Fsp3) is 0.500. The second-order valence-corrected chi connectivity index (χ2v) is 10.9. The number of nitrogens with one attached hydrogen (secondary N) is 1. The average molecular weight is 539 g/mol. The van der Waals surface area contributed by atoms with Gasteiger partial charge in [0.15, 0.2) is 5.78 Å². The maximum Gasteiger partial charge on any atom is 0.154 e. The van der Waals surface area contributed by atoms with Gasteiger partial charge in [-0.05, 0) is 70.6 Å². The largest absolute Gasteiger partial charge is 0.369 e. The van der Waals surface area contributed by atoms with Gasteiger partial charge in [0.1, 0.15) is 0 Å². The van der Waals surface area contributed by atoms with Gasteiger partial charge in [0.2, 0.25) is 0 Å². The molecular formula is C32H47ClN4O. The quantitative estimate of drug-likeness (QED) is 0.168. The molecule has 3 atom stereocenters. The SMILES string of the molecule is C=C1C(Cl)=CC(C(=C/C(C)=O)/N=C(/C=C\C(=C/C)N2CCN[C@@H](C)C2)C(C)CC)=CN1/C=C(/C)C(C)CC. The van der Waals surface area contributed by atoms with Crippen molar-refractivity contribution >= 4 is 23.1 Å². The molecule has 2 rings (SSSR count). The van der Waals surface area contributed by atoms with Crippen LogP contribution in [0.15, 0.2) is 87.6 Å². The summed E-state index contributed by atoms with van der Waals surface area (Å²) in [4.78, 5) is 21.7. The number of carbonyl (C=O) groups is 1. The van der Waals surface area contributed by atoms with Gasteiger partial charge in [-0.15, -0.1) is 0 Å². The van der Waals surface area contributed by atoms with Gasteiger partial charge in [-0.2, -0.15) is 0 Å². The summed E-state index contributed by atoms with van der Waals surface area (Å²) in [6.07, 6.45) is 15.9. The van der Waals surface area contributed by atoms with Crippen molar-refractivity contribution in [2.45, 2.75) is 74.3 Å². The smallest absolute Gasteiger partial charge is 0.154 e. The highest BCUT2D eigenvalue weighted by atomic mass is 35.5. The number of allylic oxidation sites excluding steroid dienone is 7. The van der Waals surface area contributed by atoms with Gasteiger partial charge in [0, 0.05) is 61.1 Å². The van der Waals surface area contributed by atoms with Crippen LogP contribution in [0.2, 0.25) is 0 Å². The van der Waals surface area contributed by atoms with Crippen LogP contribution in [0.3, 0.4) is 0 Å². The van der Waals surface area contributed by atoms with Crippen LogP contribution >= 0.6 is 11.6 Å². The van der Waals surface area contributed by atoms with Gasteiger partial charge in [0.05, 0.1) is 16.4 Å². The van der Waals surface area contributed by atoms with Crippen molar-refractivity contribution in [3.63, 3.8) is 0 Å². The number of hydrogen-bond acceptors (Lipinski definition) is 5. The Morgan fingerprint density at radius 3 is 2.50 bits per heavy atom. The Kier molecular flexibility index (Phi) is 12.5. The number of nitrogens with zero attached hydrogens (tertiary/aromatic N) is 3. The molecule has 0 aliphatic carbocycles. The number of piperazine rings is 1. The lowest BCUT2D eigenvalue weighted by atomic mass is 10.00. The molecule has 0 aromatic heterocycles.